The summed E-state index contributed by atoms with van der Waals surface area (Å²) in [6.07, 6.45) is 1.29. The van der Waals surface area contributed by atoms with E-state index in [1.165, 1.54) is 0 Å². The number of nitrogens with one attached hydrogen (secondary N) is 1. The first-order valence-corrected chi connectivity index (χ1v) is 9.23. The fraction of sp³-hybridized carbons (Fsp3) is 0.421. The highest BCUT2D eigenvalue weighted by molar-refractivity contribution is 6.17. The number of rotatable bonds is 6. The third-order valence-electron chi connectivity index (χ3n) is 4.54. The van der Waals surface area contributed by atoms with E-state index in [9.17, 15) is 4.79 Å². The summed E-state index contributed by atoms with van der Waals surface area (Å²) < 4.78 is 5.20. The molecule has 0 saturated carbocycles. The van der Waals surface area contributed by atoms with Crippen molar-refractivity contribution < 1.29 is 9.53 Å². The highest BCUT2D eigenvalue weighted by Gasteiger charge is 2.37. The van der Waals surface area contributed by atoms with Gasteiger partial charge in [-0.15, -0.1) is 11.6 Å². The summed E-state index contributed by atoms with van der Waals surface area (Å²) in [5.74, 6) is 1.79. The summed E-state index contributed by atoms with van der Waals surface area (Å²) in [6, 6.07) is 9.80. The molecule has 1 aromatic heterocycles. The molecule has 0 aliphatic carbocycles. The third kappa shape index (κ3) is 3.90. The molecular formula is C19H23ClN4O2. The summed E-state index contributed by atoms with van der Waals surface area (Å²) in [4.78, 5) is 22.5. The molecule has 26 heavy (non-hydrogen) atoms. The zero-order valence-electron chi connectivity index (χ0n) is 15.1. The molecular weight excluding hydrogens is 352 g/mol. The van der Waals surface area contributed by atoms with Gasteiger partial charge in [-0.25, -0.2) is 9.78 Å². The van der Waals surface area contributed by atoms with Crippen molar-refractivity contribution >= 4 is 29.5 Å². The standard InChI is InChI=1S/C19H23ClN4O2/c1-12(2)16-11-26-19(25)24(16)17-8-9-21-18(23-17)22-13(3)15-6-4-14(10-20)5-7-15/h4-9,12-13,16H,10-11H2,1-3H3,(H,21,22,23)/t13-,16?/m0/s1. The number of hydrogen-bond acceptors (Lipinski definition) is 5. The fourth-order valence-corrected chi connectivity index (χ4v) is 3.09. The molecule has 0 bridgehead atoms. The quantitative estimate of drug-likeness (QED) is 0.760. The Kier molecular flexibility index (Phi) is 5.61. The van der Waals surface area contributed by atoms with Gasteiger partial charge in [0.25, 0.3) is 0 Å². The SMILES string of the molecule is CC(C)C1COC(=O)N1c1ccnc(N[C@@H](C)c2ccc(CCl)cc2)n1. The normalized spacial score (nSPS) is 18.1. The molecule has 1 N–H and O–H groups in total. The van der Waals surface area contributed by atoms with Gasteiger partial charge in [0.05, 0.1) is 12.1 Å². The smallest absolute Gasteiger partial charge is 0.415 e. The summed E-state index contributed by atoms with van der Waals surface area (Å²) in [6.45, 7) is 6.54. The van der Waals surface area contributed by atoms with Crippen LogP contribution in [-0.4, -0.2) is 28.7 Å². The zero-order valence-corrected chi connectivity index (χ0v) is 15.9. The Labute approximate surface area is 158 Å². The van der Waals surface area contributed by atoms with Crippen LogP contribution in [0.15, 0.2) is 36.5 Å². The molecule has 1 aliphatic rings. The Morgan fingerprint density at radius 3 is 2.65 bits per heavy atom. The minimum Gasteiger partial charge on any atom is -0.447 e. The van der Waals surface area contributed by atoms with Crippen LogP contribution in [-0.2, 0) is 10.6 Å². The molecule has 0 radical (unpaired) electrons. The van der Waals surface area contributed by atoms with E-state index in [1.54, 1.807) is 17.2 Å². The van der Waals surface area contributed by atoms with Crippen LogP contribution in [0.25, 0.3) is 0 Å². The summed E-state index contributed by atoms with van der Waals surface area (Å²) >= 11 is 5.84. The first-order chi connectivity index (χ1) is 12.5. The molecule has 1 aromatic carbocycles. The number of carbonyl (C=O) groups excluding carboxylic acids is 1. The lowest BCUT2D eigenvalue weighted by Crippen LogP contribution is -2.37. The number of cyclic esters (lactones) is 1. The second-order valence-corrected chi connectivity index (χ2v) is 7.01. The van der Waals surface area contributed by atoms with Gasteiger partial charge < -0.3 is 10.1 Å². The lowest BCUT2D eigenvalue weighted by molar-refractivity contribution is 0.177. The van der Waals surface area contributed by atoms with Crippen LogP contribution in [0.2, 0.25) is 0 Å². The van der Waals surface area contributed by atoms with Crippen molar-refractivity contribution in [2.45, 2.75) is 38.7 Å². The second kappa shape index (κ2) is 7.91. The van der Waals surface area contributed by atoms with Crippen molar-refractivity contribution in [3.05, 3.63) is 47.7 Å². The summed E-state index contributed by atoms with van der Waals surface area (Å²) in [5.41, 5.74) is 2.18. The number of ether oxygens (including phenoxy) is 1. The van der Waals surface area contributed by atoms with E-state index in [0.29, 0.717) is 24.3 Å². The molecule has 1 unspecified atom stereocenters. The number of carbonyl (C=O) groups is 1. The summed E-state index contributed by atoms with van der Waals surface area (Å²) in [5, 5.41) is 3.28. The predicted octanol–water partition coefficient (Wildman–Crippen LogP) is 4.37. The van der Waals surface area contributed by atoms with Gasteiger partial charge in [-0.3, -0.25) is 4.90 Å². The second-order valence-electron chi connectivity index (χ2n) is 6.74. The Hall–Kier alpha value is -2.34. The van der Waals surface area contributed by atoms with Crippen LogP contribution >= 0.6 is 11.6 Å². The van der Waals surface area contributed by atoms with Gasteiger partial charge in [0.15, 0.2) is 0 Å². The molecule has 2 heterocycles. The van der Waals surface area contributed by atoms with Crippen LogP contribution in [0.4, 0.5) is 16.6 Å². The van der Waals surface area contributed by atoms with Crippen molar-refractivity contribution in [2.75, 3.05) is 16.8 Å². The van der Waals surface area contributed by atoms with E-state index in [2.05, 4.69) is 29.1 Å². The van der Waals surface area contributed by atoms with Gasteiger partial charge in [-0.05, 0) is 30.0 Å². The van der Waals surface area contributed by atoms with Crippen molar-refractivity contribution in [1.82, 2.24) is 9.97 Å². The zero-order chi connectivity index (χ0) is 18.7. The lowest BCUT2D eigenvalue weighted by atomic mass is 10.0. The maximum Gasteiger partial charge on any atom is 0.415 e. The Morgan fingerprint density at radius 2 is 2.00 bits per heavy atom. The number of hydrogen-bond donors (Lipinski definition) is 1. The number of aromatic nitrogens is 2. The van der Waals surface area contributed by atoms with E-state index >= 15 is 0 Å². The third-order valence-corrected chi connectivity index (χ3v) is 4.85. The Balaban J connectivity index is 1.77. The molecule has 7 heteroatoms. The molecule has 0 spiro atoms. The van der Waals surface area contributed by atoms with E-state index in [4.69, 9.17) is 16.3 Å². The summed E-state index contributed by atoms with van der Waals surface area (Å²) in [7, 11) is 0. The number of amides is 1. The van der Waals surface area contributed by atoms with Gasteiger partial charge in [0, 0.05) is 12.1 Å². The molecule has 2 atom stereocenters. The predicted molar refractivity (Wildman–Crippen MR) is 103 cm³/mol. The minimum atomic E-state index is -0.363. The number of halogens is 1. The highest BCUT2D eigenvalue weighted by atomic mass is 35.5. The molecule has 138 valence electrons. The van der Waals surface area contributed by atoms with Crippen LogP contribution in [0.1, 0.15) is 37.9 Å². The van der Waals surface area contributed by atoms with Gasteiger partial charge in [-0.1, -0.05) is 38.1 Å². The van der Waals surface area contributed by atoms with Crippen LogP contribution in [0.3, 0.4) is 0 Å². The average molecular weight is 375 g/mol. The first kappa shape index (κ1) is 18.5. The van der Waals surface area contributed by atoms with Crippen LogP contribution in [0, 0.1) is 5.92 Å². The molecule has 6 nitrogen and oxygen atoms in total. The van der Waals surface area contributed by atoms with Crippen LogP contribution in [0.5, 0.6) is 0 Å². The maximum absolute atomic E-state index is 12.1. The largest absolute Gasteiger partial charge is 0.447 e. The Morgan fingerprint density at radius 1 is 1.27 bits per heavy atom. The van der Waals surface area contributed by atoms with Gasteiger partial charge in [0.1, 0.15) is 12.4 Å². The minimum absolute atomic E-state index is 0.0149. The van der Waals surface area contributed by atoms with E-state index in [1.807, 2.05) is 31.2 Å². The van der Waals surface area contributed by atoms with Crippen molar-refractivity contribution in [2.24, 2.45) is 5.92 Å². The van der Waals surface area contributed by atoms with Gasteiger partial charge in [-0.2, -0.15) is 4.98 Å². The number of anilines is 2. The van der Waals surface area contributed by atoms with E-state index in [0.717, 1.165) is 11.1 Å². The molecule has 1 amide bonds. The first-order valence-electron chi connectivity index (χ1n) is 8.70. The van der Waals surface area contributed by atoms with Crippen molar-refractivity contribution in [3.63, 3.8) is 0 Å². The Bertz CT molecular complexity index is 766. The van der Waals surface area contributed by atoms with Gasteiger partial charge >= 0.3 is 6.09 Å². The van der Waals surface area contributed by atoms with Crippen molar-refractivity contribution in [3.8, 4) is 0 Å². The number of nitrogens with zero attached hydrogens (tertiary/aromatic N) is 3. The molecule has 1 fully saturated rings. The molecule has 1 saturated heterocycles. The molecule has 2 aromatic rings. The molecule has 3 rings (SSSR count). The topological polar surface area (TPSA) is 67.3 Å². The fourth-order valence-electron chi connectivity index (χ4n) is 2.92. The number of benzene rings is 1. The van der Waals surface area contributed by atoms with E-state index < -0.39 is 0 Å². The highest BCUT2D eigenvalue weighted by Crippen LogP contribution is 2.26. The van der Waals surface area contributed by atoms with Crippen molar-refractivity contribution in [1.29, 1.82) is 0 Å². The maximum atomic E-state index is 12.1. The monoisotopic (exact) mass is 374 g/mol. The van der Waals surface area contributed by atoms with Crippen LogP contribution < -0.4 is 10.2 Å². The lowest BCUT2D eigenvalue weighted by Gasteiger charge is -2.23. The average Bonchev–Trinajstić information content (AvgIpc) is 3.04. The van der Waals surface area contributed by atoms with Gasteiger partial charge in [0.2, 0.25) is 5.95 Å². The van der Waals surface area contributed by atoms with E-state index in [-0.39, 0.29) is 24.1 Å². The molecule has 1 aliphatic heterocycles. The number of alkyl halides is 1.